The number of nitrogens with zero attached hydrogens (tertiary/aromatic N) is 5. The van der Waals surface area contributed by atoms with Crippen LogP contribution in [0, 0.1) is 13.8 Å². The Morgan fingerprint density at radius 1 is 1.10 bits per heavy atom. The van der Waals surface area contributed by atoms with Crippen LogP contribution in [0.4, 0.5) is 0 Å². The number of rotatable bonds is 11. The zero-order valence-electron chi connectivity index (χ0n) is 19.0. The summed E-state index contributed by atoms with van der Waals surface area (Å²) in [6.45, 7) is 8.59. The van der Waals surface area contributed by atoms with Crippen molar-refractivity contribution in [1.29, 1.82) is 0 Å². The Kier molecular flexibility index (Phi) is 7.67. The quantitative estimate of drug-likeness (QED) is 0.455. The van der Waals surface area contributed by atoms with Gasteiger partial charge in [0, 0.05) is 25.3 Å². The third kappa shape index (κ3) is 6.04. The summed E-state index contributed by atoms with van der Waals surface area (Å²) >= 11 is 0. The number of sulfone groups is 1. The van der Waals surface area contributed by atoms with E-state index in [1.807, 2.05) is 41.4 Å². The lowest BCUT2D eigenvalue weighted by Crippen LogP contribution is -2.25. The summed E-state index contributed by atoms with van der Waals surface area (Å²) in [6.07, 6.45) is 3.47. The van der Waals surface area contributed by atoms with Gasteiger partial charge in [0.25, 0.3) is 0 Å². The van der Waals surface area contributed by atoms with Crippen LogP contribution in [0.15, 0.2) is 47.8 Å². The lowest BCUT2D eigenvalue weighted by atomic mass is 10.1. The van der Waals surface area contributed by atoms with Crippen LogP contribution in [0.5, 0.6) is 0 Å². The lowest BCUT2D eigenvalue weighted by Gasteiger charge is -2.19. The molecular formula is C23H33N5O2S. The molecule has 2 aromatic heterocycles. The van der Waals surface area contributed by atoms with E-state index in [2.05, 4.69) is 40.1 Å². The molecule has 7 nitrogen and oxygen atoms in total. The Hall–Kier alpha value is -2.45. The average Bonchev–Trinajstić information content (AvgIpc) is 3.29. The van der Waals surface area contributed by atoms with Crippen LogP contribution < -0.4 is 0 Å². The van der Waals surface area contributed by atoms with Gasteiger partial charge in [-0.05, 0) is 45.4 Å². The third-order valence-corrected chi connectivity index (χ3v) is 7.12. The van der Waals surface area contributed by atoms with Gasteiger partial charge < -0.3 is 4.57 Å². The number of imidazole rings is 1. The van der Waals surface area contributed by atoms with Crippen molar-refractivity contribution in [3.8, 4) is 0 Å². The van der Waals surface area contributed by atoms with Crippen LogP contribution in [-0.4, -0.2) is 52.0 Å². The monoisotopic (exact) mass is 443 g/mol. The van der Waals surface area contributed by atoms with Crippen LogP contribution in [0.1, 0.15) is 36.0 Å². The number of hydrogen-bond acceptors (Lipinski definition) is 5. The summed E-state index contributed by atoms with van der Waals surface area (Å²) in [7, 11) is -1.34. The summed E-state index contributed by atoms with van der Waals surface area (Å²) in [6, 6.07) is 12.3. The van der Waals surface area contributed by atoms with Crippen molar-refractivity contribution < 1.29 is 8.42 Å². The number of aromatic nitrogens is 4. The van der Waals surface area contributed by atoms with Gasteiger partial charge in [-0.25, -0.2) is 13.4 Å². The molecule has 0 spiro atoms. The van der Waals surface area contributed by atoms with E-state index in [1.54, 1.807) is 13.1 Å². The molecule has 0 saturated carbocycles. The molecule has 0 bridgehead atoms. The molecular weight excluding hydrogens is 410 g/mol. The van der Waals surface area contributed by atoms with E-state index >= 15 is 0 Å². The minimum absolute atomic E-state index is 0.0515. The summed E-state index contributed by atoms with van der Waals surface area (Å²) in [5, 5.41) is 4.70. The molecule has 0 atom stereocenters. The second-order valence-electron chi connectivity index (χ2n) is 8.06. The van der Waals surface area contributed by atoms with E-state index in [0.29, 0.717) is 13.1 Å². The van der Waals surface area contributed by atoms with Crippen LogP contribution in [0.3, 0.4) is 0 Å². The van der Waals surface area contributed by atoms with E-state index < -0.39 is 9.84 Å². The molecule has 31 heavy (non-hydrogen) atoms. The van der Waals surface area contributed by atoms with Crippen molar-refractivity contribution in [2.24, 2.45) is 0 Å². The fourth-order valence-electron chi connectivity index (χ4n) is 3.74. The highest BCUT2D eigenvalue weighted by Crippen LogP contribution is 2.17. The maximum absolute atomic E-state index is 12.6. The predicted octanol–water partition coefficient (Wildman–Crippen LogP) is 3.25. The Labute approximate surface area is 185 Å². The lowest BCUT2D eigenvalue weighted by molar-refractivity contribution is 0.294. The van der Waals surface area contributed by atoms with Gasteiger partial charge in [0.2, 0.25) is 15.0 Å². The minimum Gasteiger partial charge on any atom is -0.318 e. The zero-order chi connectivity index (χ0) is 22.4. The van der Waals surface area contributed by atoms with Crippen molar-refractivity contribution in [2.75, 3.05) is 19.3 Å². The second kappa shape index (κ2) is 10.2. The summed E-state index contributed by atoms with van der Waals surface area (Å²) in [4.78, 5) is 6.49. The molecule has 168 valence electrons. The molecule has 0 fully saturated rings. The van der Waals surface area contributed by atoms with Gasteiger partial charge in [0.05, 0.1) is 29.9 Å². The topological polar surface area (TPSA) is 73.0 Å². The van der Waals surface area contributed by atoms with Crippen molar-refractivity contribution in [2.45, 2.75) is 58.4 Å². The SMILES string of the molecule is CCS(=O)(=O)c1ncc(CN(C)CCn2nc(C)cc2C)n1CCCc1ccccc1. The second-order valence-corrected chi connectivity index (χ2v) is 10.2. The highest BCUT2D eigenvalue weighted by atomic mass is 32.2. The van der Waals surface area contributed by atoms with Gasteiger partial charge >= 0.3 is 0 Å². The predicted molar refractivity (Wildman–Crippen MR) is 123 cm³/mol. The largest absolute Gasteiger partial charge is 0.318 e. The molecule has 1 aromatic carbocycles. The molecule has 0 saturated heterocycles. The van der Waals surface area contributed by atoms with Gasteiger partial charge in [-0.3, -0.25) is 9.58 Å². The highest BCUT2D eigenvalue weighted by Gasteiger charge is 2.22. The number of aryl methyl sites for hydroxylation is 3. The van der Waals surface area contributed by atoms with E-state index in [4.69, 9.17) is 0 Å². The Morgan fingerprint density at radius 2 is 1.84 bits per heavy atom. The standard InChI is InChI=1S/C23H33N5O2S/c1-5-31(29,30)23-24-17-22(27(23)13-9-12-21-10-7-6-8-11-21)18-26(4)14-15-28-20(3)16-19(2)25-28/h6-8,10-11,16-17H,5,9,12-15,18H2,1-4H3. The van der Waals surface area contributed by atoms with E-state index in [0.717, 1.165) is 43.0 Å². The van der Waals surface area contributed by atoms with Gasteiger partial charge in [-0.15, -0.1) is 0 Å². The number of likely N-dealkylation sites (N-methyl/N-ethyl adjacent to an activating group) is 1. The van der Waals surface area contributed by atoms with Crippen molar-refractivity contribution in [3.05, 3.63) is 65.2 Å². The molecule has 0 N–H and O–H groups in total. The first-order valence-corrected chi connectivity index (χ1v) is 12.5. The van der Waals surface area contributed by atoms with Crippen LogP contribution in [0.2, 0.25) is 0 Å². The summed E-state index contributed by atoms with van der Waals surface area (Å²) in [5.41, 5.74) is 4.35. The van der Waals surface area contributed by atoms with Gasteiger partial charge in [-0.2, -0.15) is 5.10 Å². The smallest absolute Gasteiger partial charge is 0.227 e. The van der Waals surface area contributed by atoms with Crippen molar-refractivity contribution >= 4 is 9.84 Å². The number of hydrogen-bond donors (Lipinski definition) is 0. The molecule has 0 aliphatic carbocycles. The first-order valence-electron chi connectivity index (χ1n) is 10.8. The Bertz CT molecular complexity index is 1090. The first-order chi connectivity index (χ1) is 14.8. The zero-order valence-corrected chi connectivity index (χ0v) is 19.8. The molecule has 2 heterocycles. The molecule has 8 heteroatoms. The van der Waals surface area contributed by atoms with Crippen molar-refractivity contribution in [1.82, 2.24) is 24.2 Å². The molecule has 0 amide bonds. The molecule has 3 aromatic rings. The fourth-order valence-corrected chi connectivity index (χ4v) is 4.76. The van der Waals surface area contributed by atoms with E-state index in [9.17, 15) is 8.42 Å². The maximum atomic E-state index is 12.6. The van der Waals surface area contributed by atoms with Crippen LogP contribution >= 0.6 is 0 Å². The maximum Gasteiger partial charge on any atom is 0.227 e. The molecule has 0 aliphatic rings. The summed E-state index contributed by atoms with van der Waals surface area (Å²) < 4.78 is 29.1. The normalized spacial score (nSPS) is 12.0. The number of benzene rings is 1. The van der Waals surface area contributed by atoms with E-state index in [-0.39, 0.29) is 10.9 Å². The first kappa shape index (κ1) is 23.2. The van der Waals surface area contributed by atoms with E-state index in [1.165, 1.54) is 5.56 Å². The molecule has 0 aliphatic heterocycles. The van der Waals surface area contributed by atoms with Crippen LogP contribution in [0.25, 0.3) is 0 Å². The summed E-state index contributed by atoms with van der Waals surface area (Å²) in [5.74, 6) is 0.0515. The van der Waals surface area contributed by atoms with Crippen LogP contribution in [-0.2, 0) is 35.9 Å². The molecule has 3 rings (SSSR count). The minimum atomic E-state index is -3.38. The Balaban J connectivity index is 1.70. The van der Waals surface area contributed by atoms with Crippen molar-refractivity contribution in [3.63, 3.8) is 0 Å². The Morgan fingerprint density at radius 3 is 2.48 bits per heavy atom. The van der Waals surface area contributed by atoms with Gasteiger partial charge in [-0.1, -0.05) is 37.3 Å². The van der Waals surface area contributed by atoms with Gasteiger partial charge in [0.1, 0.15) is 0 Å². The molecule has 0 unspecified atom stereocenters. The molecule has 0 radical (unpaired) electrons. The van der Waals surface area contributed by atoms with Gasteiger partial charge in [0.15, 0.2) is 0 Å². The third-order valence-electron chi connectivity index (χ3n) is 5.48. The fraction of sp³-hybridized carbons (Fsp3) is 0.478. The highest BCUT2D eigenvalue weighted by molar-refractivity contribution is 7.91. The average molecular weight is 444 g/mol.